The van der Waals surface area contributed by atoms with Crippen molar-refractivity contribution in [1.29, 1.82) is 0 Å². The van der Waals surface area contributed by atoms with Crippen LogP contribution < -0.4 is 25.0 Å². The van der Waals surface area contributed by atoms with Gasteiger partial charge in [-0.1, -0.05) is 12.1 Å². The minimum Gasteiger partial charge on any atom is -0.493 e. The Kier molecular flexibility index (Phi) is 6.93. The van der Waals surface area contributed by atoms with Gasteiger partial charge in [-0.2, -0.15) is 0 Å². The SMILES string of the molecule is CCNC(=O)NC[C@H]1c2cc(OC)c(OC)cc2CC[NH+]1Cc1cccc(F)c1. The number of benzene rings is 2. The van der Waals surface area contributed by atoms with Crippen LogP contribution in [0.4, 0.5) is 9.18 Å². The number of hydrogen-bond donors (Lipinski definition) is 3. The topological polar surface area (TPSA) is 64.0 Å². The molecule has 0 saturated heterocycles. The molecule has 0 fully saturated rings. The normalized spacial score (nSPS) is 17.9. The van der Waals surface area contributed by atoms with Gasteiger partial charge >= 0.3 is 6.03 Å². The molecule has 2 atom stereocenters. The number of urea groups is 1. The van der Waals surface area contributed by atoms with Gasteiger partial charge in [-0.3, -0.25) is 0 Å². The van der Waals surface area contributed by atoms with Crippen LogP contribution in [0.3, 0.4) is 0 Å². The van der Waals surface area contributed by atoms with E-state index in [-0.39, 0.29) is 17.9 Å². The van der Waals surface area contributed by atoms with Crippen LogP contribution in [0.2, 0.25) is 0 Å². The highest BCUT2D eigenvalue weighted by Gasteiger charge is 2.33. The highest BCUT2D eigenvalue weighted by atomic mass is 19.1. The van der Waals surface area contributed by atoms with E-state index in [9.17, 15) is 9.18 Å². The zero-order valence-corrected chi connectivity index (χ0v) is 17.2. The van der Waals surface area contributed by atoms with Crippen molar-refractivity contribution in [1.82, 2.24) is 10.6 Å². The monoisotopic (exact) mass is 402 g/mol. The Morgan fingerprint density at radius 3 is 2.62 bits per heavy atom. The molecule has 2 aromatic carbocycles. The first-order chi connectivity index (χ1) is 14.0. The second-order valence-electron chi connectivity index (χ2n) is 7.16. The summed E-state index contributed by atoms with van der Waals surface area (Å²) in [5, 5.41) is 5.74. The fourth-order valence-corrected chi connectivity index (χ4v) is 3.96. The van der Waals surface area contributed by atoms with Gasteiger partial charge in [0.15, 0.2) is 11.5 Å². The third-order valence-electron chi connectivity index (χ3n) is 5.35. The second-order valence-corrected chi connectivity index (χ2v) is 7.16. The fourth-order valence-electron chi connectivity index (χ4n) is 3.96. The van der Waals surface area contributed by atoms with Crippen LogP contribution in [0.5, 0.6) is 11.5 Å². The van der Waals surface area contributed by atoms with Gasteiger partial charge in [-0.15, -0.1) is 0 Å². The molecule has 0 bridgehead atoms. The van der Waals surface area contributed by atoms with Crippen LogP contribution in [0.25, 0.3) is 0 Å². The number of fused-ring (bicyclic) bond motifs is 1. The Morgan fingerprint density at radius 2 is 1.93 bits per heavy atom. The molecular formula is C22H29FN3O3+. The summed E-state index contributed by atoms with van der Waals surface area (Å²) in [5.74, 6) is 1.14. The molecule has 1 unspecified atom stereocenters. The van der Waals surface area contributed by atoms with Gasteiger partial charge in [0.05, 0.1) is 27.3 Å². The summed E-state index contributed by atoms with van der Waals surface area (Å²) in [6.45, 7) is 4.47. The zero-order chi connectivity index (χ0) is 20.8. The van der Waals surface area contributed by atoms with Gasteiger partial charge in [0, 0.05) is 24.1 Å². The molecule has 3 rings (SSSR count). The maximum Gasteiger partial charge on any atom is 0.315 e. The second kappa shape index (κ2) is 9.60. The standard InChI is InChI=1S/C22H28FN3O3/c1-4-24-22(27)25-13-19-18-12-21(29-3)20(28-2)11-16(18)8-9-26(19)14-15-6-5-7-17(23)10-15/h5-7,10-12,19H,4,8-9,13-14H2,1-3H3,(H2,24,25,27)/p+1/t19-/m0/s1. The summed E-state index contributed by atoms with van der Waals surface area (Å²) in [6, 6.07) is 10.6. The lowest BCUT2D eigenvalue weighted by molar-refractivity contribution is -0.945. The molecule has 1 aliphatic heterocycles. The van der Waals surface area contributed by atoms with Gasteiger partial charge < -0.3 is 25.0 Å². The van der Waals surface area contributed by atoms with Crippen molar-refractivity contribution in [3.05, 3.63) is 58.9 Å². The van der Waals surface area contributed by atoms with Crippen molar-refractivity contribution < 1.29 is 23.6 Å². The van der Waals surface area contributed by atoms with E-state index in [1.165, 1.54) is 16.5 Å². The van der Waals surface area contributed by atoms with Crippen LogP contribution in [-0.2, 0) is 13.0 Å². The third-order valence-corrected chi connectivity index (χ3v) is 5.35. The number of methoxy groups -OCH3 is 2. The van der Waals surface area contributed by atoms with Crippen molar-refractivity contribution in [3.63, 3.8) is 0 Å². The molecule has 0 radical (unpaired) electrons. The van der Waals surface area contributed by atoms with Gasteiger partial charge in [0.2, 0.25) is 0 Å². The Balaban J connectivity index is 1.91. The van der Waals surface area contributed by atoms with Gasteiger partial charge in [0.1, 0.15) is 18.4 Å². The molecule has 0 aliphatic carbocycles. The summed E-state index contributed by atoms with van der Waals surface area (Å²) in [4.78, 5) is 13.3. The molecule has 2 amide bonds. The minimum absolute atomic E-state index is 0.0180. The van der Waals surface area contributed by atoms with Gasteiger partial charge in [-0.25, -0.2) is 9.18 Å². The first-order valence-corrected chi connectivity index (χ1v) is 9.91. The fraction of sp³-hybridized carbons (Fsp3) is 0.409. The minimum atomic E-state index is -0.234. The van der Waals surface area contributed by atoms with Crippen LogP contribution >= 0.6 is 0 Å². The smallest absolute Gasteiger partial charge is 0.315 e. The maximum absolute atomic E-state index is 13.7. The summed E-state index contributed by atoms with van der Waals surface area (Å²) in [5.41, 5.74) is 3.25. The molecule has 1 heterocycles. The lowest BCUT2D eigenvalue weighted by Gasteiger charge is -2.35. The number of nitrogens with one attached hydrogen (secondary N) is 3. The number of amides is 2. The number of carbonyl (C=O) groups excluding carboxylic acids is 1. The molecule has 2 aromatic rings. The largest absolute Gasteiger partial charge is 0.493 e. The highest BCUT2D eigenvalue weighted by Crippen LogP contribution is 2.34. The Morgan fingerprint density at radius 1 is 1.17 bits per heavy atom. The predicted molar refractivity (Wildman–Crippen MR) is 109 cm³/mol. The third kappa shape index (κ3) is 4.98. The number of halogens is 1. The molecule has 0 saturated carbocycles. The van der Waals surface area contributed by atoms with E-state index in [4.69, 9.17) is 9.47 Å². The van der Waals surface area contributed by atoms with Crippen molar-refractivity contribution in [2.75, 3.05) is 33.9 Å². The summed E-state index contributed by atoms with van der Waals surface area (Å²) < 4.78 is 24.6. The van der Waals surface area contributed by atoms with E-state index in [0.29, 0.717) is 31.1 Å². The highest BCUT2D eigenvalue weighted by molar-refractivity contribution is 5.73. The van der Waals surface area contributed by atoms with Crippen LogP contribution in [0.15, 0.2) is 36.4 Å². The average molecular weight is 402 g/mol. The number of ether oxygens (including phenoxy) is 2. The maximum atomic E-state index is 13.7. The molecule has 7 heteroatoms. The summed E-state index contributed by atoms with van der Waals surface area (Å²) in [6.07, 6.45) is 0.873. The molecule has 0 spiro atoms. The van der Waals surface area contributed by atoms with E-state index < -0.39 is 0 Å². The first kappa shape index (κ1) is 20.9. The average Bonchev–Trinajstić information content (AvgIpc) is 2.72. The number of hydrogen-bond acceptors (Lipinski definition) is 3. The number of carbonyl (C=O) groups is 1. The van der Waals surface area contributed by atoms with Crippen LogP contribution in [0.1, 0.15) is 29.7 Å². The Labute approximate surface area is 171 Å². The van der Waals surface area contributed by atoms with E-state index in [0.717, 1.165) is 24.1 Å². The lowest BCUT2D eigenvalue weighted by Crippen LogP contribution is -3.12. The summed E-state index contributed by atoms with van der Waals surface area (Å²) in [7, 11) is 3.25. The van der Waals surface area contributed by atoms with E-state index >= 15 is 0 Å². The molecule has 29 heavy (non-hydrogen) atoms. The van der Waals surface area contributed by atoms with Crippen molar-refractivity contribution >= 4 is 6.03 Å². The predicted octanol–water partition coefficient (Wildman–Crippen LogP) is 1.84. The van der Waals surface area contributed by atoms with Crippen LogP contribution in [-0.4, -0.2) is 39.9 Å². The van der Waals surface area contributed by atoms with E-state index in [1.807, 2.05) is 25.1 Å². The summed E-state index contributed by atoms with van der Waals surface area (Å²) >= 11 is 0. The van der Waals surface area contributed by atoms with E-state index in [1.54, 1.807) is 26.4 Å². The Hall–Kier alpha value is -2.80. The molecular weight excluding hydrogens is 373 g/mol. The van der Waals surface area contributed by atoms with E-state index in [2.05, 4.69) is 10.6 Å². The van der Waals surface area contributed by atoms with Crippen molar-refractivity contribution in [2.24, 2.45) is 0 Å². The molecule has 0 aromatic heterocycles. The van der Waals surface area contributed by atoms with Crippen LogP contribution in [0, 0.1) is 5.82 Å². The van der Waals surface area contributed by atoms with Crippen molar-refractivity contribution in [3.8, 4) is 11.5 Å². The number of quaternary nitrogens is 1. The molecule has 3 N–H and O–H groups in total. The molecule has 1 aliphatic rings. The van der Waals surface area contributed by atoms with Gasteiger partial charge in [-0.05, 0) is 36.8 Å². The number of rotatable bonds is 7. The lowest BCUT2D eigenvalue weighted by atomic mass is 9.91. The zero-order valence-electron chi connectivity index (χ0n) is 17.2. The van der Waals surface area contributed by atoms with Gasteiger partial charge in [0.25, 0.3) is 0 Å². The first-order valence-electron chi connectivity index (χ1n) is 9.91. The van der Waals surface area contributed by atoms with Crippen molar-refractivity contribution in [2.45, 2.75) is 25.9 Å². The molecule has 156 valence electrons. The Bertz CT molecular complexity index is 859. The quantitative estimate of drug-likeness (QED) is 0.662. The molecule has 6 nitrogen and oxygen atoms in total.